The summed E-state index contributed by atoms with van der Waals surface area (Å²) >= 11 is 6.47. The average Bonchev–Trinajstić information content (AvgIpc) is 2.61. The number of phenolic OH excluding ortho intramolecular Hbond substituents is 1. The molecule has 3 N–H and O–H groups in total. The zero-order valence-corrected chi connectivity index (χ0v) is 14.9. The largest absolute Gasteiger partial charge is 0.508 e. The monoisotopic (exact) mass is 373 g/mol. The van der Waals surface area contributed by atoms with E-state index in [9.17, 15) is 9.90 Å². The first-order valence-electron chi connectivity index (χ1n) is 7.37. The summed E-state index contributed by atoms with van der Waals surface area (Å²) in [6.45, 7) is 0.557. The predicted molar refractivity (Wildman–Crippen MR) is 102 cm³/mol. The summed E-state index contributed by atoms with van der Waals surface area (Å²) in [7, 11) is 1.62. The van der Waals surface area contributed by atoms with E-state index in [0.29, 0.717) is 26.9 Å². The summed E-state index contributed by atoms with van der Waals surface area (Å²) in [6, 6.07) is 12.1. The Morgan fingerprint density at radius 3 is 2.80 bits per heavy atom. The molecule has 128 valence electrons. The van der Waals surface area contributed by atoms with E-state index in [-0.39, 0.29) is 11.3 Å². The molecular weight excluding hydrogens is 358 g/mol. The second-order valence-electron chi connectivity index (χ2n) is 5.16. The zero-order chi connectivity index (χ0) is 17.8. The fraction of sp³-hybridized carbons (Fsp3) is 0.118. The van der Waals surface area contributed by atoms with Crippen LogP contribution in [0.5, 0.6) is 11.5 Å². The third-order valence-electron chi connectivity index (χ3n) is 3.45. The Labute approximate surface area is 153 Å². The van der Waals surface area contributed by atoms with Crippen molar-refractivity contribution in [2.24, 2.45) is 0 Å². The Morgan fingerprint density at radius 1 is 1.32 bits per heavy atom. The molecule has 1 heterocycles. The van der Waals surface area contributed by atoms with E-state index in [1.807, 2.05) is 24.3 Å². The number of phenols is 1. The topological polar surface area (TPSA) is 87.2 Å². The quantitative estimate of drug-likeness (QED) is 0.368. The van der Waals surface area contributed by atoms with Crippen LogP contribution in [0.3, 0.4) is 0 Å². The molecule has 0 aliphatic heterocycles. The first-order valence-corrected chi connectivity index (χ1v) is 8.59. The molecule has 0 fully saturated rings. The van der Waals surface area contributed by atoms with Crippen LogP contribution >= 0.6 is 24.0 Å². The fourth-order valence-corrected chi connectivity index (χ4v) is 3.11. The lowest BCUT2D eigenvalue weighted by Crippen LogP contribution is -2.19. The number of rotatable bonds is 4. The molecule has 0 amide bonds. The number of methoxy groups -OCH3 is 1. The van der Waals surface area contributed by atoms with Gasteiger partial charge in [-0.25, -0.2) is 4.98 Å². The van der Waals surface area contributed by atoms with E-state index in [0.717, 1.165) is 11.3 Å². The molecule has 0 aliphatic rings. The van der Waals surface area contributed by atoms with Crippen LogP contribution < -0.4 is 15.6 Å². The Kier molecular flexibility index (Phi) is 5.20. The Balaban J connectivity index is 1.67. The first kappa shape index (κ1) is 17.2. The van der Waals surface area contributed by atoms with Crippen LogP contribution in [-0.4, -0.2) is 26.5 Å². The number of thiocarbonyl (C=S) groups is 1. The molecule has 0 spiro atoms. The van der Waals surface area contributed by atoms with Gasteiger partial charge in [0.25, 0.3) is 5.56 Å². The molecular formula is C17H15N3O3S2. The van der Waals surface area contributed by atoms with Gasteiger partial charge in [0.1, 0.15) is 15.8 Å². The fourth-order valence-electron chi connectivity index (χ4n) is 2.20. The number of benzene rings is 2. The standard InChI is InChI=1S/C17H15N3O3S2/c1-23-12-5-2-10(3-6-12)9-18-17(24)25-16-19-14-7-4-11(21)8-13(14)15(22)20-16/h2-8,21H,9H2,1H3,(H,18,24)(H,19,20,22). The number of aromatic amines is 1. The van der Waals surface area contributed by atoms with E-state index in [4.69, 9.17) is 17.0 Å². The molecule has 6 nitrogen and oxygen atoms in total. The van der Waals surface area contributed by atoms with E-state index in [1.165, 1.54) is 23.9 Å². The van der Waals surface area contributed by atoms with Gasteiger partial charge >= 0.3 is 0 Å². The number of nitrogens with one attached hydrogen (secondary N) is 2. The van der Waals surface area contributed by atoms with E-state index >= 15 is 0 Å². The second kappa shape index (κ2) is 7.54. The van der Waals surface area contributed by atoms with Crippen LogP contribution in [0.2, 0.25) is 0 Å². The third kappa shape index (κ3) is 4.28. The number of aromatic hydroxyl groups is 1. The Morgan fingerprint density at radius 2 is 2.08 bits per heavy atom. The van der Waals surface area contributed by atoms with E-state index in [2.05, 4.69) is 15.3 Å². The number of hydrogen-bond acceptors (Lipinski definition) is 6. The van der Waals surface area contributed by atoms with Gasteiger partial charge in [0.05, 0.1) is 18.0 Å². The van der Waals surface area contributed by atoms with Crippen molar-refractivity contribution >= 4 is 39.2 Å². The average molecular weight is 373 g/mol. The summed E-state index contributed by atoms with van der Waals surface area (Å²) in [6.07, 6.45) is 0. The number of ether oxygens (including phenoxy) is 1. The first-order chi connectivity index (χ1) is 12.0. The summed E-state index contributed by atoms with van der Waals surface area (Å²) < 4.78 is 5.62. The zero-order valence-electron chi connectivity index (χ0n) is 13.3. The van der Waals surface area contributed by atoms with Gasteiger partial charge in [-0.2, -0.15) is 0 Å². The number of aromatic nitrogens is 2. The molecule has 25 heavy (non-hydrogen) atoms. The van der Waals surface area contributed by atoms with Gasteiger partial charge < -0.3 is 20.1 Å². The smallest absolute Gasteiger partial charge is 0.259 e. The van der Waals surface area contributed by atoms with Gasteiger partial charge in [0, 0.05) is 6.54 Å². The van der Waals surface area contributed by atoms with Crippen molar-refractivity contribution in [3.63, 3.8) is 0 Å². The third-order valence-corrected chi connectivity index (χ3v) is 4.56. The highest BCUT2D eigenvalue weighted by atomic mass is 32.2. The Bertz CT molecular complexity index is 971. The lowest BCUT2D eigenvalue weighted by molar-refractivity contribution is 0.414. The highest BCUT2D eigenvalue weighted by Crippen LogP contribution is 2.19. The lowest BCUT2D eigenvalue weighted by atomic mass is 10.2. The predicted octanol–water partition coefficient (Wildman–Crippen LogP) is 2.80. The molecule has 0 atom stereocenters. The van der Waals surface area contributed by atoms with Gasteiger partial charge in [-0.15, -0.1) is 0 Å². The van der Waals surface area contributed by atoms with Gasteiger partial charge in [-0.05, 0) is 47.7 Å². The second-order valence-corrected chi connectivity index (χ2v) is 6.83. The highest BCUT2D eigenvalue weighted by Gasteiger charge is 2.08. The van der Waals surface area contributed by atoms with Crippen LogP contribution in [-0.2, 0) is 6.54 Å². The minimum atomic E-state index is -0.318. The summed E-state index contributed by atoms with van der Waals surface area (Å²) in [5, 5.41) is 13.3. The minimum Gasteiger partial charge on any atom is -0.508 e. The van der Waals surface area contributed by atoms with Crippen LogP contribution in [0.1, 0.15) is 5.56 Å². The van der Waals surface area contributed by atoms with Crippen molar-refractivity contribution in [1.82, 2.24) is 15.3 Å². The summed E-state index contributed by atoms with van der Waals surface area (Å²) in [4.78, 5) is 19.1. The number of H-pyrrole nitrogens is 1. The molecule has 0 unspecified atom stereocenters. The van der Waals surface area contributed by atoms with Crippen molar-refractivity contribution < 1.29 is 9.84 Å². The van der Waals surface area contributed by atoms with Gasteiger partial charge in [-0.1, -0.05) is 24.4 Å². The maximum absolute atomic E-state index is 12.1. The summed E-state index contributed by atoms with van der Waals surface area (Å²) in [5.74, 6) is 0.821. The maximum Gasteiger partial charge on any atom is 0.259 e. The molecule has 3 aromatic rings. The summed E-state index contributed by atoms with van der Waals surface area (Å²) in [5.41, 5.74) is 1.24. The SMILES string of the molecule is COc1ccc(CNC(=S)Sc2nc3ccc(O)cc3c(=O)[nH]2)cc1. The van der Waals surface area contributed by atoms with Gasteiger partial charge in [-0.3, -0.25) is 4.79 Å². The number of fused-ring (bicyclic) bond motifs is 1. The Hall–Kier alpha value is -2.58. The number of hydrogen-bond donors (Lipinski definition) is 3. The molecule has 0 aliphatic carbocycles. The molecule has 8 heteroatoms. The van der Waals surface area contributed by atoms with E-state index in [1.54, 1.807) is 13.2 Å². The van der Waals surface area contributed by atoms with E-state index < -0.39 is 0 Å². The molecule has 0 radical (unpaired) electrons. The number of nitrogens with zero attached hydrogens (tertiary/aromatic N) is 1. The van der Waals surface area contributed by atoms with Crippen LogP contribution in [0.4, 0.5) is 0 Å². The van der Waals surface area contributed by atoms with Crippen molar-refractivity contribution in [3.05, 3.63) is 58.4 Å². The van der Waals surface area contributed by atoms with Crippen LogP contribution in [0.25, 0.3) is 10.9 Å². The molecule has 3 rings (SSSR count). The molecule has 0 saturated carbocycles. The molecule has 0 saturated heterocycles. The van der Waals surface area contributed by atoms with Crippen molar-refractivity contribution in [1.29, 1.82) is 0 Å². The molecule has 0 bridgehead atoms. The van der Waals surface area contributed by atoms with Crippen LogP contribution in [0, 0.1) is 0 Å². The van der Waals surface area contributed by atoms with Crippen molar-refractivity contribution in [3.8, 4) is 11.5 Å². The molecule has 1 aromatic heterocycles. The minimum absolute atomic E-state index is 0.0249. The lowest BCUT2D eigenvalue weighted by Gasteiger charge is -2.08. The van der Waals surface area contributed by atoms with Crippen LogP contribution in [0.15, 0.2) is 52.4 Å². The molecule has 2 aromatic carbocycles. The highest BCUT2D eigenvalue weighted by molar-refractivity contribution is 8.22. The van der Waals surface area contributed by atoms with Gasteiger partial charge in [0.15, 0.2) is 5.16 Å². The van der Waals surface area contributed by atoms with Gasteiger partial charge in [0.2, 0.25) is 0 Å². The van der Waals surface area contributed by atoms with Crippen molar-refractivity contribution in [2.75, 3.05) is 7.11 Å². The normalized spacial score (nSPS) is 10.6. The van der Waals surface area contributed by atoms with Crippen molar-refractivity contribution in [2.45, 2.75) is 11.7 Å². The maximum atomic E-state index is 12.1. The number of thioether (sulfide) groups is 1.